The fourth-order valence-corrected chi connectivity index (χ4v) is 3.10. The van der Waals surface area contributed by atoms with Crippen molar-refractivity contribution in [3.8, 4) is 0 Å². The van der Waals surface area contributed by atoms with Gasteiger partial charge in [0.05, 0.1) is 18.0 Å². The van der Waals surface area contributed by atoms with E-state index in [9.17, 15) is 14.9 Å². The van der Waals surface area contributed by atoms with Gasteiger partial charge in [-0.05, 0) is 26.3 Å². The van der Waals surface area contributed by atoms with Crippen LogP contribution in [0.25, 0.3) is 0 Å². The fraction of sp³-hybridized carbons (Fsp3) is 0.316. The van der Waals surface area contributed by atoms with Crippen molar-refractivity contribution in [2.45, 2.75) is 40.3 Å². The second kappa shape index (κ2) is 8.03. The van der Waals surface area contributed by atoms with Crippen LogP contribution in [0.15, 0.2) is 36.5 Å². The number of anilines is 1. The topological polar surface area (TPSA) is 108 Å². The van der Waals surface area contributed by atoms with E-state index >= 15 is 0 Å². The molecule has 1 N–H and O–H groups in total. The Morgan fingerprint density at radius 1 is 1.21 bits per heavy atom. The first kappa shape index (κ1) is 19.3. The van der Waals surface area contributed by atoms with Crippen LogP contribution in [-0.4, -0.2) is 30.4 Å². The second-order valence-corrected chi connectivity index (χ2v) is 6.69. The first-order valence-electron chi connectivity index (χ1n) is 8.90. The quantitative estimate of drug-likeness (QED) is 0.499. The second-order valence-electron chi connectivity index (χ2n) is 6.69. The summed E-state index contributed by atoms with van der Waals surface area (Å²) in [7, 11) is 0. The summed E-state index contributed by atoms with van der Waals surface area (Å²) >= 11 is 0. The highest BCUT2D eigenvalue weighted by atomic mass is 16.6. The first-order valence-corrected chi connectivity index (χ1v) is 8.90. The van der Waals surface area contributed by atoms with Crippen LogP contribution in [0.4, 0.5) is 11.5 Å². The SMILES string of the molecule is Cc1cccc(Cn2ccc(NC(=O)CCn3nc(C)c([N+](=O)[O-])c3C)n2)c1. The smallest absolute Gasteiger partial charge is 0.309 e. The number of nitro groups is 1. The fourth-order valence-electron chi connectivity index (χ4n) is 3.10. The van der Waals surface area contributed by atoms with E-state index in [0.29, 0.717) is 23.8 Å². The van der Waals surface area contributed by atoms with Gasteiger partial charge in [0.1, 0.15) is 11.4 Å². The van der Waals surface area contributed by atoms with E-state index in [1.807, 2.05) is 31.3 Å². The number of amides is 1. The molecule has 0 fully saturated rings. The number of carbonyl (C=O) groups is 1. The summed E-state index contributed by atoms with van der Waals surface area (Å²) in [4.78, 5) is 22.8. The first-order chi connectivity index (χ1) is 13.3. The van der Waals surface area contributed by atoms with Gasteiger partial charge >= 0.3 is 5.69 Å². The largest absolute Gasteiger partial charge is 0.312 e. The monoisotopic (exact) mass is 382 g/mol. The third-order valence-corrected chi connectivity index (χ3v) is 4.41. The molecule has 9 nitrogen and oxygen atoms in total. The summed E-state index contributed by atoms with van der Waals surface area (Å²) in [5, 5.41) is 22.3. The van der Waals surface area contributed by atoms with Crippen molar-refractivity contribution < 1.29 is 9.72 Å². The predicted octanol–water partition coefficient (Wildman–Crippen LogP) is 2.99. The molecule has 1 amide bonds. The molecule has 146 valence electrons. The summed E-state index contributed by atoms with van der Waals surface area (Å²) in [5.74, 6) is 0.244. The van der Waals surface area contributed by atoms with Crippen LogP contribution in [0.1, 0.15) is 28.9 Å². The van der Waals surface area contributed by atoms with Crippen LogP contribution in [0.5, 0.6) is 0 Å². The average molecular weight is 382 g/mol. The highest BCUT2D eigenvalue weighted by Crippen LogP contribution is 2.21. The standard InChI is InChI=1S/C19H22N6O3/c1-13-5-4-6-16(11-13)12-23-9-7-17(22-23)20-18(26)8-10-24-15(3)19(25(27)28)14(2)21-24/h4-7,9,11H,8,10,12H2,1-3H3,(H,20,22,26). The molecule has 0 aliphatic heterocycles. The molecule has 0 unspecified atom stereocenters. The summed E-state index contributed by atoms with van der Waals surface area (Å²) in [6.07, 6.45) is 1.95. The van der Waals surface area contributed by atoms with Crippen LogP contribution in [-0.2, 0) is 17.9 Å². The highest BCUT2D eigenvalue weighted by molar-refractivity contribution is 5.89. The molecule has 0 spiro atoms. The minimum atomic E-state index is -0.449. The maximum atomic E-state index is 12.2. The Labute approximate surface area is 162 Å². The van der Waals surface area contributed by atoms with Crippen molar-refractivity contribution in [1.82, 2.24) is 19.6 Å². The zero-order chi connectivity index (χ0) is 20.3. The molecule has 0 aliphatic rings. The maximum absolute atomic E-state index is 12.2. The molecule has 9 heteroatoms. The number of carbonyl (C=O) groups excluding carboxylic acids is 1. The number of rotatable bonds is 7. The van der Waals surface area contributed by atoms with E-state index in [-0.39, 0.29) is 24.6 Å². The van der Waals surface area contributed by atoms with Gasteiger partial charge in [-0.15, -0.1) is 0 Å². The molecule has 0 saturated carbocycles. The van der Waals surface area contributed by atoms with Crippen LogP contribution >= 0.6 is 0 Å². The van der Waals surface area contributed by atoms with Crippen LogP contribution in [0.3, 0.4) is 0 Å². The number of nitrogens with one attached hydrogen (secondary N) is 1. The average Bonchev–Trinajstić information content (AvgIpc) is 3.16. The Hall–Kier alpha value is -3.49. The van der Waals surface area contributed by atoms with E-state index < -0.39 is 4.92 Å². The number of aryl methyl sites for hydroxylation is 3. The molecule has 0 aliphatic carbocycles. The lowest BCUT2D eigenvalue weighted by Gasteiger charge is -2.05. The maximum Gasteiger partial charge on any atom is 0.312 e. The van der Waals surface area contributed by atoms with E-state index in [2.05, 4.69) is 21.6 Å². The molecule has 0 radical (unpaired) electrons. The summed E-state index contributed by atoms with van der Waals surface area (Å²) < 4.78 is 3.25. The summed E-state index contributed by atoms with van der Waals surface area (Å²) in [6, 6.07) is 9.89. The highest BCUT2D eigenvalue weighted by Gasteiger charge is 2.21. The molecule has 2 aromatic heterocycles. The number of aromatic nitrogens is 4. The van der Waals surface area contributed by atoms with Crippen molar-refractivity contribution in [3.05, 3.63) is 69.2 Å². The molecule has 3 aromatic rings. The molecule has 0 bridgehead atoms. The van der Waals surface area contributed by atoms with Gasteiger partial charge in [-0.25, -0.2) is 0 Å². The van der Waals surface area contributed by atoms with Crippen molar-refractivity contribution in [2.24, 2.45) is 0 Å². The molecule has 1 aromatic carbocycles. The van der Waals surface area contributed by atoms with Crippen molar-refractivity contribution in [1.29, 1.82) is 0 Å². The number of hydrogen-bond donors (Lipinski definition) is 1. The van der Waals surface area contributed by atoms with Crippen LogP contribution in [0, 0.1) is 30.9 Å². The molecule has 0 saturated heterocycles. The number of hydrogen-bond acceptors (Lipinski definition) is 5. The molecule has 3 rings (SSSR count). The van der Waals surface area contributed by atoms with Gasteiger partial charge in [-0.3, -0.25) is 24.3 Å². The minimum absolute atomic E-state index is 0.00435. The van der Waals surface area contributed by atoms with Crippen molar-refractivity contribution >= 4 is 17.4 Å². The van der Waals surface area contributed by atoms with Gasteiger partial charge in [0.25, 0.3) is 0 Å². The van der Waals surface area contributed by atoms with E-state index in [1.54, 1.807) is 24.6 Å². The van der Waals surface area contributed by atoms with Gasteiger partial charge < -0.3 is 5.32 Å². The molecular weight excluding hydrogens is 360 g/mol. The lowest BCUT2D eigenvalue weighted by atomic mass is 10.1. The van der Waals surface area contributed by atoms with Crippen LogP contribution in [0.2, 0.25) is 0 Å². The predicted molar refractivity (Wildman–Crippen MR) is 104 cm³/mol. The Balaban J connectivity index is 1.57. The van der Waals surface area contributed by atoms with Crippen molar-refractivity contribution in [2.75, 3.05) is 5.32 Å². The van der Waals surface area contributed by atoms with Crippen molar-refractivity contribution in [3.63, 3.8) is 0 Å². The zero-order valence-electron chi connectivity index (χ0n) is 16.0. The number of benzene rings is 1. The zero-order valence-corrected chi connectivity index (χ0v) is 16.0. The van der Waals surface area contributed by atoms with Gasteiger partial charge in [0, 0.05) is 18.7 Å². The Bertz CT molecular complexity index is 1020. The van der Waals surface area contributed by atoms with Gasteiger partial charge in [0.15, 0.2) is 5.82 Å². The van der Waals surface area contributed by atoms with Gasteiger partial charge in [-0.2, -0.15) is 10.2 Å². The number of nitrogens with zero attached hydrogens (tertiary/aromatic N) is 5. The van der Waals surface area contributed by atoms with Gasteiger partial charge in [-0.1, -0.05) is 29.8 Å². The molecular formula is C19H22N6O3. The van der Waals surface area contributed by atoms with E-state index in [0.717, 1.165) is 5.56 Å². The minimum Gasteiger partial charge on any atom is -0.309 e. The Kier molecular flexibility index (Phi) is 5.53. The molecule has 2 heterocycles. The summed E-state index contributed by atoms with van der Waals surface area (Å²) in [6.45, 7) is 6.13. The van der Waals surface area contributed by atoms with Crippen LogP contribution < -0.4 is 5.32 Å². The summed E-state index contributed by atoms with van der Waals surface area (Å²) in [5.41, 5.74) is 3.10. The Morgan fingerprint density at radius 3 is 2.68 bits per heavy atom. The Morgan fingerprint density at radius 2 is 2.00 bits per heavy atom. The third kappa shape index (κ3) is 4.43. The third-order valence-electron chi connectivity index (χ3n) is 4.41. The lowest BCUT2D eigenvalue weighted by Crippen LogP contribution is -2.16. The molecule has 0 atom stereocenters. The lowest BCUT2D eigenvalue weighted by molar-refractivity contribution is -0.386. The molecule has 28 heavy (non-hydrogen) atoms. The van der Waals surface area contributed by atoms with E-state index in [1.165, 1.54) is 10.2 Å². The van der Waals surface area contributed by atoms with Gasteiger partial charge in [0.2, 0.25) is 5.91 Å². The van der Waals surface area contributed by atoms with E-state index in [4.69, 9.17) is 0 Å². The normalized spacial score (nSPS) is 10.8.